The molecule has 0 heterocycles. The van der Waals surface area contributed by atoms with Crippen molar-refractivity contribution in [1.29, 1.82) is 0 Å². The number of hydrogen-bond acceptors (Lipinski definition) is 0. The van der Waals surface area contributed by atoms with Crippen molar-refractivity contribution in [2.45, 2.75) is 0 Å². The van der Waals surface area contributed by atoms with Crippen LogP contribution in [0.5, 0.6) is 0 Å². The minimum absolute atomic E-state index is 0.645. The molecule has 48 valence electrons. The molecule has 0 spiro atoms. The highest BCUT2D eigenvalue weighted by Gasteiger charge is 2.07. The van der Waals surface area contributed by atoms with Gasteiger partial charge in [-0.3, -0.25) is 0 Å². The zero-order valence-electron chi connectivity index (χ0n) is 5.52. The molecule has 0 radical (unpaired) electrons. The summed E-state index contributed by atoms with van der Waals surface area (Å²) in [7, 11) is 4.13. The summed E-state index contributed by atoms with van der Waals surface area (Å²) in [6.07, 6.45) is 1.88. The van der Waals surface area contributed by atoms with Crippen molar-refractivity contribution in [3.63, 3.8) is 0 Å². The monoisotopic (exact) mass is 134 g/mol. The van der Waals surface area contributed by atoms with Crippen LogP contribution in [-0.4, -0.2) is 31.1 Å². The first-order valence-corrected chi connectivity index (χ1v) is 3.15. The molecular weight excluding hydrogens is 122 g/mol. The lowest BCUT2D eigenvalue weighted by atomic mass is 10.5. The van der Waals surface area contributed by atoms with Gasteiger partial charge in [-0.2, -0.15) is 0 Å². The topological polar surface area (TPSA) is 0 Å². The standard InChI is InChI=1S/C6H13ClN/c1-4-5-8(2,3)6-7/h4H,1,5-6H2,2-3H3/q+1. The van der Waals surface area contributed by atoms with E-state index in [4.69, 9.17) is 11.6 Å². The molecule has 2 heteroatoms. The van der Waals surface area contributed by atoms with Gasteiger partial charge in [0.1, 0.15) is 0 Å². The highest BCUT2D eigenvalue weighted by Crippen LogP contribution is 1.97. The highest BCUT2D eigenvalue weighted by molar-refractivity contribution is 6.16. The largest absolute Gasteiger partial charge is 0.313 e. The van der Waals surface area contributed by atoms with Crippen molar-refractivity contribution in [1.82, 2.24) is 0 Å². The molecule has 0 aromatic heterocycles. The van der Waals surface area contributed by atoms with E-state index in [1.807, 2.05) is 6.08 Å². The zero-order chi connectivity index (χ0) is 6.62. The Labute approximate surface area is 56.1 Å². The van der Waals surface area contributed by atoms with Gasteiger partial charge in [0.15, 0.2) is 6.00 Å². The van der Waals surface area contributed by atoms with Crippen molar-refractivity contribution in [3.05, 3.63) is 12.7 Å². The van der Waals surface area contributed by atoms with Crippen molar-refractivity contribution < 1.29 is 4.48 Å². The Morgan fingerprint density at radius 2 is 2.12 bits per heavy atom. The summed E-state index contributed by atoms with van der Waals surface area (Å²) in [6.45, 7) is 4.55. The Balaban J connectivity index is 3.53. The van der Waals surface area contributed by atoms with Crippen molar-refractivity contribution in [3.8, 4) is 0 Å². The highest BCUT2D eigenvalue weighted by atomic mass is 35.5. The van der Waals surface area contributed by atoms with E-state index >= 15 is 0 Å². The quantitative estimate of drug-likeness (QED) is 0.237. The van der Waals surface area contributed by atoms with E-state index in [1.165, 1.54) is 0 Å². The lowest BCUT2D eigenvalue weighted by Gasteiger charge is -2.24. The molecule has 0 aliphatic carbocycles. The van der Waals surface area contributed by atoms with E-state index in [0.29, 0.717) is 6.00 Å². The molecule has 0 saturated carbocycles. The summed E-state index contributed by atoms with van der Waals surface area (Å²) in [5, 5.41) is 0. The summed E-state index contributed by atoms with van der Waals surface area (Å²) in [4.78, 5) is 0. The van der Waals surface area contributed by atoms with Crippen LogP contribution in [0.25, 0.3) is 0 Å². The lowest BCUT2D eigenvalue weighted by molar-refractivity contribution is -0.873. The predicted molar refractivity (Wildman–Crippen MR) is 37.9 cm³/mol. The normalized spacial score (nSPS) is 11.4. The Morgan fingerprint density at radius 1 is 1.62 bits per heavy atom. The molecule has 0 fully saturated rings. The van der Waals surface area contributed by atoms with E-state index in [0.717, 1.165) is 11.0 Å². The fourth-order valence-electron chi connectivity index (χ4n) is 0.398. The van der Waals surface area contributed by atoms with Gasteiger partial charge in [-0.1, -0.05) is 18.2 Å². The first-order chi connectivity index (χ1) is 3.62. The summed E-state index contributed by atoms with van der Waals surface area (Å²) in [5.74, 6) is 0. The molecule has 0 aliphatic heterocycles. The van der Waals surface area contributed by atoms with Gasteiger partial charge >= 0.3 is 0 Å². The number of halogens is 1. The lowest BCUT2D eigenvalue weighted by Crippen LogP contribution is -2.37. The van der Waals surface area contributed by atoms with Gasteiger partial charge in [0.2, 0.25) is 0 Å². The number of hydrogen-bond donors (Lipinski definition) is 0. The Morgan fingerprint density at radius 3 is 2.25 bits per heavy atom. The first-order valence-electron chi connectivity index (χ1n) is 2.61. The van der Waals surface area contributed by atoms with Gasteiger partial charge in [-0.05, 0) is 6.08 Å². The van der Waals surface area contributed by atoms with Crippen molar-refractivity contribution in [2.75, 3.05) is 26.6 Å². The molecule has 0 N–H and O–H groups in total. The maximum absolute atomic E-state index is 5.60. The number of nitrogens with zero attached hydrogens (tertiary/aromatic N) is 1. The van der Waals surface area contributed by atoms with E-state index in [-0.39, 0.29) is 0 Å². The Kier molecular flexibility index (Phi) is 3.10. The zero-order valence-corrected chi connectivity index (χ0v) is 6.28. The van der Waals surface area contributed by atoms with Crippen LogP contribution in [0.15, 0.2) is 12.7 Å². The van der Waals surface area contributed by atoms with Crippen LogP contribution < -0.4 is 0 Å². The number of likely N-dealkylation sites (N-methyl/N-ethyl adjacent to an activating group) is 1. The summed E-state index contributed by atoms with van der Waals surface area (Å²) >= 11 is 5.60. The Bertz CT molecular complexity index is 78.6. The third-order valence-electron chi connectivity index (χ3n) is 0.947. The van der Waals surface area contributed by atoms with Crippen LogP contribution in [0.1, 0.15) is 0 Å². The van der Waals surface area contributed by atoms with Gasteiger partial charge in [-0.15, -0.1) is 0 Å². The molecule has 0 unspecified atom stereocenters. The molecule has 0 atom stereocenters. The van der Waals surface area contributed by atoms with Crippen LogP contribution in [0.4, 0.5) is 0 Å². The van der Waals surface area contributed by atoms with Crippen LogP contribution >= 0.6 is 11.6 Å². The molecule has 0 aliphatic rings. The molecule has 0 aromatic carbocycles. The van der Waals surface area contributed by atoms with Gasteiger partial charge in [0, 0.05) is 0 Å². The maximum atomic E-state index is 5.60. The van der Waals surface area contributed by atoms with Crippen LogP contribution in [0.2, 0.25) is 0 Å². The Hall–Kier alpha value is -0.0100. The van der Waals surface area contributed by atoms with Gasteiger partial charge in [0.05, 0.1) is 20.6 Å². The van der Waals surface area contributed by atoms with Crippen LogP contribution in [0.3, 0.4) is 0 Å². The van der Waals surface area contributed by atoms with Crippen molar-refractivity contribution in [2.24, 2.45) is 0 Å². The fraction of sp³-hybridized carbons (Fsp3) is 0.667. The average molecular weight is 135 g/mol. The minimum Gasteiger partial charge on any atom is -0.313 e. The molecule has 0 aromatic rings. The third-order valence-corrected chi connectivity index (χ3v) is 1.59. The van der Waals surface area contributed by atoms with Gasteiger partial charge in [-0.25, -0.2) is 0 Å². The molecule has 0 rings (SSSR count). The fourth-order valence-corrected chi connectivity index (χ4v) is 0.496. The second kappa shape index (κ2) is 3.10. The molecule has 0 bridgehead atoms. The van der Waals surface area contributed by atoms with Crippen molar-refractivity contribution >= 4 is 11.6 Å². The summed E-state index contributed by atoms with van der Waals surface area (Å²) < 4.78 is 0.811. The van der Waals surface area contributed by atoms with E-state index in [9.17, 15) is 0 Å². The smallest absolute Gasteiger partial charge is 0.154 e. The second-order valence-corrected chi connectivity index (χ2v) is 2.77. The number of rotatable bonds is 3. The van der Waals surface area contributed by atoms with E-state index < -0.39 is 0 Å². The number of alkyl halides is 1. The third kappa shape index (κ3) is 3.05. The summed E-state index contributed by atoms with van der Waals surface area (Å²) in [6, 6.07) is 0.645. The average Bonchev–Trinajstić information content (AvgIpc) is 1.67. The van der Waals surface area contributed by atoms with E-state index in [2.05, 4.69) is 20.7 Å². The van der Waals surface area contributed by atoms with Gasteiger partial charge in [0.25, 0.3) is 0 Å². The minimum atomic E-state index is 0.645. The predicted octanol–water partition coefficient (Wildman–Crippen LogP) is 1.45. The number of quaternary nitrogens is 1. The molecule has 8 heavy (non-hydrogen) atoms. The van der Waals surface area contributed by atoms with Crippen LogP contribution in [-0.2, 0) is 0 Å². The second-order valence-electron chi connectivity index (χ2n) is 2.53. The van der Waals surface area contributed by atoms with Gasteiger partial charge < -0.3 is 4.48 Å². The molecular formula is C6H13ClN+. The molecule has 1 nitrogen and oxygen atoms in total. The van der Waals surface area contributed by atoms with E-state index in [1.54, 1.807) is 0 Å². The van der Waals surface area contributed by atoms with Crippen LogP contribution in [0, 0.1) is 0 Å². The summed E-state index contributed by atoms with van der Waals surface area (Å²) in [5.41, 5.74) is 0. The SMILES string of the molecule is C=CC[N+](C)(C)CCl. The first kappa shape index (κ1) is 7.99. The maximum Gasteiger partial charge on any atom is 0.154 e. The molecule has 0 amide bonds. The molecule has 0 saturated heterocycles.